The van der Waals surface area contributed by atoms with Gasteiger partial charge in [-0.3, -0.25) is 14.5 Å². The Kier molecular flexibility index (Phi) is 5.70. The Bertz CT molecular complexity index is 1680. The van der Waals surface area contributed by atoms with Gasteiger partial charge in [0.15, 0.2) is 0 Å². The number of para-hydroxylation sites is 1. The lowest BCUT2D eigenvalue weighted by Gasteiger charge is -2.14. The Morgan fingerprint density at radius 3 is 2.42 bits per heavy atom. The molecule has 1 aliphatic rings. The van der Waals surface area contributed by atoms with E-state index < -0.39 is 0 Å². The molecular formula is C31H24N2O2S. The summed E-state index contributed by atoms with van der Waals surface area (Å²) >= 11 is 1.01. The third-order valence-electron chi connectivity index (χ3n) is 6.74. The number of carbonyl (C=O) groups is 2. The van der Waals surface area contributed by atoms with E-state index in [1.165, 1.54) is 21.2 Å². The molecule has 1 saturated heterocycles. The lowest BCUT2D eigenvalue weighted by molar-refractivity contribution is -0.123. The molecule has 5 heteroatoms. The standard InChI is InChI=1S/C31H24N2O2S/c1-21-8-2-3-11-25(21)20-33-30(34)29(36-31(33)35)17-26-19-32(28-13-7-6-12-27(26)28)18-22-14-15-23-9-4-5-10-24(23)16-22/h2-17,19H,18,20H2,1H3/b29-17-. The number of fused-ring (bicyclic) bond motifs is 2. The molecule has 1 aromatic heterocycles. The van der Waals surface area contributed by atoms with Crippen molar-refractivity contribution in [2.24, 2.45) is 0 Å². The number of imide groups is 1. The highest BCUT2D eigenvalue weighted by atomic mass is 32.2. The smallest absolute Gasteiger partial charge is 0.293 e. The highest BCUT2D eigenvalue weighted by molar-refractivity contribution is 8.18. The summed E-state index contributed by atoms with van der Waals surface area (Å²) in [6.07, 6.45) is 3.94. The van der Waals surface area contributed by atoms with Crippen molar-refractivity contribution in [1.29, 1.82) is 0 Å². The largest absolute Gasteiger partial charge is 0.342 e. The van der Waals surface area contributed by atoms with E-state index in [4.69, 9.17) is 0 Å². The molecule has 0 unspecified atom stereocenters. The van der Waals surface area contributed by atoms with Gasteiger partial charge in [0.2, 0.25) is 0 Å². The average Bonchev–Trinajstić information content (AvgIpc) is 3.37. The third-order valence-corrected chi connectivity index (χ3v) is 7.64. The second-order valence-corrected chi connectivity index (χ2v) is 10.1. The Morgan fingerprint density at radius 2 is 1.56 bits per heavy atom. The molecule has 1 aliphatic heterocycles. The first kappa shape index (κ1) is 22.4. The summed E-state index contributed by atoms with van der Waals surface area (Å²) in [5, 5.41) is 3.27. The van der Waals surface area contributed by atoms with Crippen molar-refractivity contribution in [2.45, 2.75) is 20.0 Å². The van der Waals surface area contributed by atoms with E-state index in [0.29, 0.717) is 18.0 Å². The van der Waals surface area contributed by atoms with Crippen LogP contribution < -0.4 is 0 Å². The van der Waals surface area contributed by atoms with E-state index in [-0.39, 0.29) is 11.1 Å². The zero-order valence-electron chi connectivity index (χ0n) is 19.8. The van der Waals surface area contributed by atoms with Crippen molar-refractivity contribution in [3.63, 3.8) is 0 Å². The zero-order valence-corrected chi connectivity index (χ0v) is 20.7. The number of aryl methyl sites for hydroxylation is 1. The predicted octanol–water partition coefficient (Wildman–Crippen LogP) is 7.39. The highest BCUT2D eigenvalue weighted by Gasteiger charge is 2.35. The lowest BCUT2D eigenvalue weighted by Crippen LogP contribution is -2.27. The number of hydrogen-bond donors (Lipinski definition) is 0. The fourth-order valence-corrected chi connectivity index (χ4v) is 5.62. The van der Waals surface area contributed by atoms with E-state index in [1.807, 2.05) is 49.4 Å². The van der Waals surface area contributed by atoms with Crippen molar-refractivity contribution < 1.29 is 9.59 Å². The first-order chi connectivity index (χ1) is 17.6. The number of thioether (sulfide) groups is 1. The summed E-state index contributed by atoms with van der Waals surface area (Å²) in [6.45, 7) is 3.00. The molecule has 0 aliphatic carbocycles. The minimum atomic E-state index is -0.236. The zero-order chi connectivity index (χ0) is 24.6. The number of rotatable bonds is 5. The van der Waals surface area contributed by atoms with Gasteiger partial charge in [-0.2, -0.15) is 0 Å². The van der Waals surface area contributed by atoms with Crippen LogP contribution in [0.5, 0.6) is 0 Å². The van der Waals surface area contributed by atoms with Crippen LogP contribution in [0.1, 0.15) is 22.3 Å². The molecule has 2 amide bonds. The van der Waals surface area contributed by atoms with Gasteiger partial charge in [-0.05, 0) is 64.4 Å². The molecule has 4 aromatic carbocycles. The molecule has 0 N–H and O–H groups in total. The molecule has 2 heterocycles. The molecule has 1 fully saturated rings. The molecule has 0 spiro atoms. The summed E-state index contributed by atoms with van der Waals surface area (Å²) in [7, 11) is 0. The van der Waals surface area contributed by atoms with Crippen LogP contribution in [0.25, 0.3) is 27.8 Å². The van der Waals surface area contributed by atoms with Gasteiger partial charge in [0.1, 0.15) is 0 Å². The van der Waals surface area contributed by atoms with Crippen molar-refractivity contribution in [1.82, 2.24) is 9.47 Å². The van der Waals surface area contributed by atoms with E-state index in [9.17, 15) is 9.59 Å². The van der Waals surface area contributed by atoms with E-state index in [0.717, 1.165) is 39.4 Å². The van der Waals surface area contributed by atoms with Crippen molar-refractivity contribution in [2.75, 3.05) is 0 Å². The Labute approximate surface area is 213 Å². The van der Waals surface area contributed by atoms with Gasteiger partial charge < -0.3 is 4.57 Å². The number of aromatic nitrogens is 1. The summed E-state index contributed by atoms with van der Waals surface area (Å²) in [5.41, 5.74) is 5.29. The molecule has 6 rings (SSSR count). The number of amides is 2. The highest BCUT2D eigenvalue weighted by Crippen LogP contribution is 2.35. The molecule has 5 aromatic rings. The fourth-order valence-electron chi connectivity index (χ4n) is 4.79. The summed E-state index contributed by atoms with van der Waals surface area (Å²) in [4.78, 5) is 27.7. The monoisotopic (exact) mass is 488 g/mol. The fraction of sp³-hybridized carbons (Fsp3) is 0.0968. The van der Waals surface area contributed by atoms with Crippen LogP contribution in [0.3, 0.4) is 0 Å². The predicted molar refractivity (Wildman–Crippen MR) is 148 cm³/mol. The van der Waals surface area contributed by atoms with Gasteiger partial charge in [-0.15, -0.1) is 0 Å². The maximum absolute atomic E-state index is 13.2. The molecule has 0 saturated carbocycles. The van der Waals surface area contributed by atoms with Crippen LogP contribution in [0.2, 0.25) is 0 Å². The summed E-state index contributed by atoms with van der Waals surface area (Å²) < 4.78 is 2.21. The number of carbonyl (C=O) groups excluding carboxylic acids is 2. The van der Waals surface area contributed by atoms with E-state index in [2.05, 4.69) is 65.4 Å². The minimum absolute atomic E-state index is 0.227. The average molecular weight is 489 g/mol. The van der Waals surface area contributed by atoms with Gasteiger partial charge in [-0.1, -0.05) is 78.9 Å². The molecule has 0 atom stereocenters. The van der Waals surface area contributed by atoms with Crippen LogP contribution in [0.15, 0.2) is 102 Å². The quantitative estimate of drug-likeness (QED) is 0.242. The molecule has 36 heavy (non-hydrogen) atoms. The van der Waals surface area contributed by atoms with Crippen molar-refractivity contribution in [3.8, 4) is 0 Å². The van der Waals surface area contributed by atoms with Crippen LogP contribution in [0.4, 0.5) is 4.79 Å². The second-order valence-electron chi connectivity index (χ2n) is 9.11. The molecule has 4 nitrogen and oxygen atoms in total. The van der Waals surface area contributed by atoms with Gasteiger partial charge in [0.25, 0.3) is 11.1 Å². The summed E-state index contributed by atoms with van der Waals surface area (Å²) in [6, 6.07) is 30.9. The van der Waals surface area contributed by atoms with Crippen LogP contribution in [-0.2, 0) is 17.9 Å². The SMILES string of the molecule is Cc1ccccc1CN1C(=O)S/C(=C\c2cn(Cc3ccc4ccccc4c3)c3ccccc23)C1=O. The second kappa shape index (κ2) is 9.17. The maximum atomic E-state index is 13.2. The number of hydrogen-bond acceptors (Lipinski definition) is 3. The number of nitrogens with zero attached hydrogens (tertiary/aromatic N) is 2. The van der Waals surface area contributed by atoms with Crippen LogP contribution >= 0.6 is 11.8 Å². The van der Waals surface area contributed by atoms with Crippen molar-refractivity contribution in [3.05, 3.63) is 124 Å². The van der Waals surface area contributed by atoms with Gasteiger partial charge in [-0.25, -0.2) is 0 Å². The van der Waals surface area contributed by atoms with Gasteiger partial charge in [0, 0.05) is 29.2 Å². The maximum Gasteiger partial charge on any atom is 0.293 e. The van der Waals surface area contributed by atoms with Crippen molar-refractivity contribution >= 4 is 50.7 Å². The molecular weight excluding hydrogens is 464 g/mol. The normalized spacial score (nSPS) is 15.0. The lowest BCUT2D eigenvalue weighted by atomic mass is 10.1. The van der Waals surface area contributed by atoms with E-state index >= 15 is 0 Å². The summed E-state index contributed by atoms with van der Waals surface area (Å²) in [5.74, 6) is -0.236. The van der Waals surface area contributed by atoms with Crippen LogP contribution in [0, 0.1) is 6.92 Å². The first-order valence-corrected chi connectivity index (χ1v) is 12.7. The Balaban J connectivity index is 1.32. The first-order valence-electron chi connectivity index (χ1n) is 11.9. The van der Waals surface area contributed by atoms with Gasteiger partial charge >= 0.3 is 0 Å². The molecule has 0 bridgehead atoms. The molecule has 0 radical (unpaired) electrons. The molecule has 176 valence electrons. The minimum Gasteiger partial charge on any atom is -0.342 e. The van der Waals surface area contributed by atoms with Gasteiger partial charge in [0.05, 0.1) is 11.4 Å². The van der Waals surface area contributed by atoms with E-state index in [1.54, 1.807) is 0 Å². The Morgan fingerprint density at radius 1 is 0.806 bits per heavy atom. The topological polar surface area (TPSA) is 42.3 Å². The van der Waals surface area contributed by atoms with Crippen LogP contribution in [-0.4, -0.2) is 20.6 Å². The Hall–Kier alpha value is -4.09. The number of benzene rings is 4. The third kappa shape index (κ3) is 4.12.